The lowest BCUT2D eigenvalue weighted by molar-refractivity contribution is 0.333. The van der Waals surface area contributed by atoms with E-state index in [4.69, 9.17) is 0 Å². The maximum atomic E-state index is 3.48. The molecule has 2 nitrogen and oxygen atoms in total. The van der Waals surface area contributed by atoms with Gasteiger partial charge in [0.2, 0.25) is 0 Å². The molecule has 0 saturated carbocycles. The number of rotatable bonds is 4. The van der Waals surface area contributed by atoms with Crippen molar-refractivity contribution in [2.24, 2.45) is 11.8 Å². The van der Waals surface area contributed by atoms with Crippen LogP contribution in [0.15, 0.2) is 0 Å². The van der Waals surface area contributed by atoms with E-state index in [0.717, 1.165) is 11.8 Å². The lowest BCUT2D eigenvalue weighted by Crippen LogP contribution is -2.27. The predicted octanol–water partition coefficient (Wildman–Crippen LogP) is 0.891. The van der Waals surface area contributed by atoms with Gasteiger partial charge < -0.3 is 10.2 Å². The minimum atomic E-state index is 0.964. The molecular formula is C10H20N2S. The first kappa shape index (κ1) is 9.81. The molecule has 0 aromatic heterocycles. The van der Waals surface area contributed by atoms with E-state index in [0.29, 0.717) is 0 Å². The van der Waals surface area contributed by atoms with Crippen molar-refractivity contribution in [2.45, 2.75) is 6.92 Å². The zero-order valence-electron chi connectivity index (χ0n) is 8.46. The number of likely N-dealkylation sites (tertiary alicyclic amines) is 1. The monoisotopic (exact) mass is 200 g/mol. The molecule has 3 heteroatoms. The summed E-state index contributed by atoms with van der Waals surface area (Å²) in [6.07, 6.45) is 0. The van der Waals surface area contributed by atoms with Crippen molar-refractivity contribution in [3.05, 3.63) is 0 Å². The Hall–Kier alpha value is 0.270. The van der Waals surface area contributed by atoms with E-state index in [1.807, 2.05) is 0 Å². The Labute approximate surface area is 85.4 Å². The van der Waals surface area contributed by atoms with Gasteiger partial charge in [0.1, 0.15) is 0 Å². The van der Waals surface area contributed by atoms with Gasteiger partial charge in [-0.3, -0.25) is 0 Å². The number of nitrogens with zero attached hydrogens (tertiary/aromatic N) is 1. The van der Waals surface area contributed by atoms with E-state index in [9.17, 15) is 0 Å². The van der Waals surface area contributed by atoms with Crippen LogP contribution in [0.4, 0.5) is 0 Å². The molecule has 0 radical (unpaired) electrons. The van der Waals surface area contributed by atoms with Crippen molar-refractivity contribution < 1.29 is 0 Å². The smallest absolute Gasteiger partial charge is 0.00726 e. The van der Waals surface area contributed by atoms with Crippen LogP contribution >= 0.6 is 11.8 Å². The molecule has 2 heterocycles. The van der Waals surface area contributed by atoms with E-state index in [1.54, 1.807) is 0 Å². The van der Waals surface area contributed by atoms with Crippen LogP contribution in [0.25, 0.3) is 0 Å². The molecule has 76 valence electrons. The molecule has 0 bridgehead atoms. The molecule has 1 N–H and O–H groups in total. The number of fused-ring (bicyclic) bond motifs is 1. The van der Waals surface area contributed by atoms with Gasteiger partial charge in [0.05, 0.1) is 0 Å². The second-order valence-electron chi connectivity index (χ2n) is 4.13. The summed E-state index contributed by atoms with van der Waals surface area (Å²) in [5, 5.41) is 3.48. The van der Waals surface area contributed by atoms with E-state index in [2.05, 4.69) is 28.9 Å². The summed E-state index contributed by atoms with van der Waals surface area (Å²) in [5.41, 5.74) is 0. The lowest BCUT2D eigenvalue weighted by Gasteiger charge is -2.15. The van der Waals surface area contributed by atoms with Crippen molar-refractivity contribution in [1.29, 1.82) is 0 Å². The lowest BCUT2D eigenvalue weighted by atomic mass is 10.0. The molecule has 0 amide bonds. The van der Waals surface area contributed by atoms with Gasteiger partial charge in [0.15, 0.2) is 0 Å². The molecule has 2 atom stereocenters. The van der Waals surface area contributed by atoms with Crippen LogP contribution in [0, 0.1) is 11.8 Å². The number of hydrogen-bond donors (Lipinski definition) is 1. The van der Waals surface area contributed by atoms with Crippen molar-refractivity contribution in [2.75, 3.05) is 44.2 Å². The molecule has 0 spiro atoms. The van der Waals surface area contributed by atoms with Crippen LogP contribution in [0.3, 0.4) is 0 Å². The first-order valence-corrected chi connectivity index (χ1v) is 6.56. The molecule has 0 aliphatic carbocycles. The minimum Gasteiger partial charge on any atom is -0.316 e. The zero-order chi connectivity index (χ0) is 9.10. The highest BCUT2D eigenvalue weighted by atomic mass is 32.2. The van der Waals surface area contributed by atoms with Crippen molar-refractivity contribution in [3.63, 3.8) is 0 Å². The molecule has 2 aliphatic rings. The van der Waals surface area contributed by atoms with Gasteiger partial charge >= 0.3 is 0 Å². The van der Waals surface area contributed by atoms with Gasteiger partial charge in [-0.15, -0.1) is 0 Å². The van der Waals surface area contributed by atoms with Crippen molar-refractivity contribution >= 4 is 11.8 Å². The second-order valence-corrected chi connectivity index (χ2v) is 5.53. The summed E-state index contributed by atoms with van der Waals surface area (Å²) in [4.78, 5) is 2.65. The van der Waals surface area contributed by atoms with Crippen LogP contribution in [-0.4, -0.2) is 49.1 Å². The molecule has 0 aromatic carbocycles. The quantitative estimate of drug-likeness (QED) is 0.679. The number of thioether (sulfide) groups is 1. The van der Waals surface area contributed by atoms with Crippen molar-refractivity contribution in [3.8, 4) is 0 Å². The van der Waals surface area contributed by atoms with Gasteiger partial charge in [0, 0.05) is 25.4 Å². The average molecular weight is 200 g/mol. The van der Waals surface area contributed by atoms with Gasteiger partial charge in [-0.25, -0.2) is 0 Å². The molecule has 13 heavy (non-hydrogen) atoms. The standard InChI is InChI=1S/C10H20N2S/c1-2-13-4-3-12-7-9-5-11-6-10(9)8-12/h9-11H,2-8H2,1H3/t9-,10+. The fourth-order valence-electron chi connectivity index (χ4n) is 2.47. The summed E-state index contributed by atoms with van der Waals surface area (Å²) in [6, 6.07) is 0. The highest BCUT2D eigenvalue weighted by molar-refractivity contribution is 7.99. The fourth-order valence-corrected chi connectivity index (χ4v) is 3.15. The summed E-state index contributed by atoms with van der Waals surface area (Å²) in [5.74, 6) is 4.52. The van der Waals surface area contributed by atoms with E-state index >= 15 is 0 Å². The predicted molar refractivity (Wildman–Crippen MR) is 59.3 cm³/mol. The van der Waals surface area contributed by atoms with Crippen LogP contribution < -0.4 is 5.32 Å². The van der Waals surface area contributed by atoms with Crippen LogP contribution in [0.1, 0.15) is 6.92 Å². The molecule has 2 aliphatic heterocycles. The Bertz CT molecular complexity index is 151. The summed E-state index contributed by atoms with van der Waals surface area (Å²) in [7, 11) is 0. The van der Waals surface area contributed by atoms with Crippen LogP contribution in [0.2, 0.25) is 0 Å². The topological polar surface area (TPSA) is 15.3 Å². The molecule has 2 saturated heterocycles. The molecule has 2 rings (SSSR count). The first-order valence-electron chi connectivity index (χ1n) is 5.41. The third kappa shape index (κ3) is 2.39. The van der Waals surface area contributed by atoms with E-state index in [-0.39, 0.29) is 0 Å². The highest BCUT2D eigenvalue weighted by Crippen LogP contribution is 2.26. The fraction of sp³-hybridized carbons (Fsp3) is 1.00. The summed E-state index contributed by atoms with van der Waals surface area (Å²) in [6.45, 7) is 8.78. The number of hydrogen-bond acceptors (Lipinski definition) is 3. The van der Waals surface area contributed by atoms with Crippen LogP contribution in [-0.2, 0) is 0 Å². The molecule has 0 aromatic rings. The minimum absolute atomic E-state index is 0.964. The van der Waals surface area contributed by atoms with E-state index in [1.165, 1.54) is 44.2 Å². The molecular weight excluding hydrogens is 180 g/mol. The Balaban J connectivity index is 1.67. The van der Waals surface area contributed by atoms with Gasteiger partial charge in [-0.05, 0) is 30.7 Å². The Morgan fingerprint density at radius 3 is 2.62 bits per heavy atom. The third-order valence-electron chi connectivity index (χ3n) is 3.22. The average Bonchev–Trinajstić information content (AvgIpc) is 2.64. The SMILES string of the molecule is CCSCCN1C[C@H]2CNC[C@H]2C1. The van der Waals surface area contributed by atoms with Crippen LogP contribution in [0.5, 0.6) is 0 Å². The summed E-state index contributed by atoms with van der Waals surface area (Å²) >= 11 is 2.07. The van der Waals surface area contributed by atoms with Gasteiger partial charge in [0.25, 0.3) is 0 Å². The Morgan fingerprint density at radius 2 is 2.00 bits per heavy atom. The van der Waals surface area contributed by atoms with E-state index < -0.39 is 0 Å². The highest BCUT2D eigenvalue weighted by Gasteiger charge is 2.35. The van der Waals surface area contributed by atoms with Gasteiger partial charge in [-0.1, -0.05) is 6.92 Å². The van der Waals surface area contributed by atoms with Crippen molar-refractivity contribution in [1.82, 2.24) is 10.2 Å². The normalized spacial score (nSPS) is 33.9. The maximum absolute atomic E-state index is 3.48. The zero-order valence-corrected chi connectivity index (χ0v) is 9.28. The largest absolute Gasteiger partial charge is 0.316 e. The second kappa shape index (κ2) is 4.67. The molecule has 0 unspecified atom stereocenters. The third-order valence-corrected chi connectivity index (χ3v) is 4.10. The molecule has 2 fully saturated rings. The summed E-state index contributed by atoms with van der Waals surface area (Å²) < 4.78 is 0. The van der Waals surface area contributed by atoms with Gasteiger partial charge in [-0.2, -0.15) is 11.8 Å². The Morgan fingerprint density at radius 1 is 1.31 bits per heavy atom. The maximum Gasteiger partial charge on any atom is 0.00726 e. The Kier molecular flexibility index (Phi) is 3.52. The number of nitrogens with one attached hydrogen (secondary N) is 1. The first-order chi connectivity index (χ1) is 6.40.